The van der Waals surface area contributed by atoms with Crippen LogP contribution < -0.4 is 11.4 Å². The van der Waals surface area contributed by atoms with Crippen LogP contribution in [0.2, 0.25) is 0 Å². The highest BCUT2D eigenvalue weighted by Crippen LogP contribution is 2.43. The lowest BCUT2D eigenvalue weighted by atomic mass is 9.98. The molecule has 10 nitrogen and oxygen atoms in total. The van der Waals surface area contributed by atoms with Gasteiger partial charge in [-0.25, -0.2) is 13.8 Å². The molecule has 22 heavy (non-hydrogen) atoms. The molecular formula is C10H15FN3O7P. The van der Waals surface area contributed by atoms with E-state index in [0.717, 1.165) is 17.7 Å². The summed E-state index contributed by atoms with van der Waals surface area (Å²) in [6.07, 6.45) is -3.55. The van der Waals surface area contributed by atoms with Crippen LogP contribution in [0.1, 0.15) is 13.2 Å². The van der Waals surface area contributed by atoms with Gasteiger partial charge in [0.15, 0.2) is 11.9 Å². The summed E-state index contributed by atoms with van der Waals surface area (Å²) < 4.78 is 35.5. The molecule has 1 unspecified atom stereocenters. The number of aliphatic hydroxyl groups is 1. The first-order chi connectivity index (χ1) is 10.0. The van der Waals surface area contributed by atoms with Gasteiger partial charge in [0.1, 0.15) is 18.0 Å². The molecule has 124 valence electrons. The molecule has 0 bridgehead atoms. The van der Waals surface area contributed by atoms with Crippen molar-refractivity contribution >= 4 is 13.6 Å². The predicted molar refractivity (Wildman–Crippen MR) is 70.3 cm³/mol. The van der Waals surface area contributed by atoms with Crippen molar-refractivity contribution in [1.29, 1.82) is 0 Å². The lowest BCUT2D eigenvalue weighted by Crippen LogP contribution is -2.43. The number of aromatic nitrogens is 2. The molecule has 0 amide bonds. The molecular weight excluding hydrogens is 324 g/mol. The zero-order valence-corrected chi connectivity index (χ0v) is 12.3. The van der Waals surface area contributed by atoms with Gasteiger partial charge in [-0.1, -0.05) is 0 Å². The van der Waals surface area contributed by atoms with E-state index in [1.165, 1.54) is 6.07 Å². The number of nitrogens with two attached hydrogens (primary N) is 1. The smallest absolute Gasteiger partial charge is 0.387 e. The summed E-state index contributed by atoms with van der Waals surface area (Å²) in [5.41, 5.74) is 2.03. The minimum Gasteiger partial charge on any atom is -0.387 e. The first kappa shape index (κ1) is 17.0. The van der Waals surface area contributed by atoms with E-state index in [4.69, 9.17) is 20.3 Å². The topological polar surface area (TPSA) is 157 Å². The van der Waals surface area contributed by atoms with Crippen LogP contribution in [0.15, 0.2) is 17.1 Å². The Morgan fingerprint density at radius 1 is 1.64 bits per heavy atom. The Kier molecular flexibility index (Phi) is 4.39. The van der Waals surface area contributed by atoms with Crippen molar-refractivity contribution in [1.82, 2.24) is 9.55 Å². The van der Waals surface area contributed by atoms with Gasteiger partial charge in [0, 0.05) is 6.20 Å². The summed E-state index contributed by atoms with van der Waals surface area (Å²) in [7, 11) is -4.81. The number of ether oxygens (including phenoxy) is 1. The Labute approximate surface area is 123 Å². The molecule has 1 aromatic heterocycles. The second-order valence-electron chi connectivity index (χ2n) is 4.95. The predicted octanol–water partition coefficient (Wildman–Crippen LogP) is -1.08. The van der Waals surface area contributed by atoms with Crippen LogP contribution in [-0.2, 0) is 13.8 Å². The molecule has 2 heterocycles. The number of alkyl halides is 1. The van der Waals surface area contributed by atoms with E-state index < -0.39 is 44.2 Å². The molecule has 1 aliphatic rings. The molecule has 1 aromatic rings. The van der Waals surface area contributed by atoms with Gasteiger partial charge >= 0.3 is 13.5 Å². The third-order valence-corrected chi connectivity index (χ3v) is 3.71. The average Bonchev–Trinajstić information content (AvgIpc) is 2.59. The van der Waals surface area contributed by atoms with E-state index in [9.17, 15) is 18.9 Å². The molecule has 12 heteroatoms. The second kappa shape index (κ2) is 5.69. The van der Waals surface area contributed by atoms with Crippen molar-refractivity contribution in [2.75, 3.05) is 12.3 Å². The summed E-state index contributed by atoms with van der Waals surface area (Å²) in [6, 6.07) is 1.24. The molecule has 0 aromatic carbocycles. The zero-order chi connectivity index (χ0) is 16.7. The number of phosphoric ester groups is 1. The molecule has 0 saturated carbocycles. The van der Waals surface area contributed by atoms with Gasteiger partial charge in [0.05, 0.1) is 6.61 Å². The fraction of sp³-hybridized carbons (Fsp3) is 0.600. The Hall–Kier alpha value is -1.36. The maximum atomic E-state index is 14.7. The standard InChI is InChI=1S/C10H15FN3O7P/c1-10(11)7(15)5(4-20-22(17,18)19)21-8(10)14-3-2-6(12)13-9(14)16/h2-3,5,7-8,15H,4H2,1H3,(H2,12,13,16)(H2,17,18,19)/t5-,7?,8-,10-/m1/s1. The van der Waals surface area contributed by atoms with Gasteiger partial charge in [-0.15, -0.1) is 0 Å². The van der Waals surface area contributed by atoms with Crippen molar-refractivity contribution in [3.8, 4) is 0 Å². The van der Waals surface area contributed by atoms with E-state index in [1.54, 1.807) is 0 Å². The molecule has 2 rings (SSSR count). The molecule has 1 saturated heterocycles. The molecule has 0 aliphatic carbocycles. The minimum absolute atomic E-state index is 0.0678. The Bertz CT molecular complexity index is 660. The number of hydrogen-bond donors (Lipinski definition) is 4. The zero-order valence-electron chi connectivity index (χ0n) is 11.4. The van der Waals surface area contributed by atoms with Crippen LogP contribution in [-0.4, -0.2) is 48.9 Å². The molecule has 0 radical (unpaired) electrons. The van der Waals surface area contributed by atoms with Gasteiger partial charge in [0.25, 0.3) is 0 Å². The van der Waals surface area contributed by atoms with Gasteiger partial charge < -0.3 is 25.4 Å². The minimum atomic E-state index is -4.81. The van der Waals surface area contributed by atoms with Crippen LogP contribution >= 0.6 is 7.82 Å². The van der Waals surface area contributed by atoms with Gasteiger partial charge in [0.2, 0.25) is 0 Å². The summed E-state index contributed by atoms with van der Waals surface area (Å²) in [5, 5.41) is 9.90. The summed E-state index contributed by atoms with van der Waals surface area (Å²) in [4.78, 5) is 32.4. The number of anilines is 1. The van der Waals surface area contributed by atoms with E-state index >= 15 is 0 Å². The summed E-state index contributed by atoms with van der Waals surface area (Å²) in [5.74, 6) is -0.0678. The first-order valence-electron chi connectivity index (χ1n) is 6.09. The quantitative estimate of drug-likeness (QED) is 0.501. The molecule has 4 atom stereocenters. The highest BCUT2D eigenvalue weighted by atomic mass is 31.2. The third-order valence-electron chi connectivity index (χ3n) is 3.23. The Morgan fingerprint density at radius 3 is 2.82 bits per heavy atom. The van der Waals surface area contributed by atoms with E-state index in [1.807, 2.05) is 0 Å². The van der Waals surface area contributed by atoms with Crippen molar-refractivity contribution in [3.05, 3.63) is 22.7 Å². The van der Waals surface area contributed by atoms with E-state index in [-0.39, 0.29) is 5.82 Å². The number of nitrogen functional groups attached to an aromatic ring is 1. The Morgan fingerprint density at radius 2 is 2.27 bits per heavy atom. The van der Waals surface area contributed by atoms with Crippen molar-refractivity contribution < 1.29 is 33.1 Å². The second-order valence-corrected chi connectivity index (χ2v) is 6.19. The number of rotatable bonds is 4. The van der Waals surface area contributed by atoms with Crippen LogP contribution in [0.25, 0.3) is 0 Å². The fourth-order valence-corrected chi connectivity index (χ4v) is 2.47. The lowest BCUT2D eigenvalue weighted by Gasteiger charge is -2.24. The summed E-state index contributed by atoms with van der Waals surface area (Å²) >= 11 is 0. The number of aliphatic hydroxyl groups excluding tert-OH is 1. The summed E-state index contributed by atoms with van der Waals surface area (Å²) in [6.45, 7) is 0.237. The maximum Gasteiger partial charge on any atom is 0.469 e. The Balaban J connectivity index is 2.26. The number of hydrogen-bond acceptors (Lipinski definition) is 7. The number of phosphoric acid groups is 1. The molecule has 0 spiro atoms. The van der Waals surface area contributed by atoms with Crippen LogP contribution in [0, 0.1) is 0 Å². The van der Waals surface area contributed by atoms with Crippen LogP contribution in [0.5, 0.6) is 0 Å². The van der Waals surface area contributed by atoms with E-state index in [2.05, 4.69) is 9.51 Å². The fourth-order valence-electron chi connectivity index (χ4n) is 2.13. The molecule has 1 fully saturated rings. The van der Waals surface area contributed by atoms with Crippen LogP contribution in [0.3, 0.4) is 0 Å². The van der Waals surface area contributed by atoms with Crippen molar-refractivity contribution in [2.24, 2.45) is 0 Å². The van der Waals surface area contributed by atoms with Crippen molar-refractivity contribution in [3.63, 3.8) is 0 Å². The van der Waals surface area contributed by atoms with Crippen molar-refractivity contribution in [2.45, 2.75) is 31.0 Å². The number of halogens is 1. The van der Waals surface area contributed by atoms with Gasteiger partial charge in [-0.3, -0.25) is 9.09 Å². The largest absolute Gasteiger partial charge is 0.469 e. The lowest BCUT2D eigenvalue weighted by molar-refractivity contribution is -0.0604. The maximum absolute atomic E-state index is 14.7. The highest BCUT2D eigenvalue weighted by molar-refractivity contribution is 7.46. The molecule has 5 N–H and O–H groups in total. The third kappa shape index (κ3) is 3.35. The van der Waals surface area contributed by atoms with Crippen LogP contribution in [0.4, 0.5) is 10.2 Å². The van der Waals surface area contributed by atoms with E-state index in [0.29, 0.717) is 0 Å². The van der Waals surface area contributed by atoms with Gasteiger partial charge in [-0.05, 0) is 13.0 Å². The molecule has 1 aliphatic heterocycles. The first-order valence-corrected chi connectivity index (χ1v) is 7.62. The monoisotopic (exact) mass is 339 g/mol. The highest BCUT2D eigenvalue weighted by Gasteiger charge is 2.55. The number of nitrogens with zero attached hydrogens (tertiary/aromatic N) is 2. The van der Waals surface area contributed by atoms with Gasteiger partial charge in [-0.2, -0.15) is 4.98 Å². The average molecular weight is 339 g/mol. The normalized spacial score (nSPS) is 32.3. The SMILES string of the molecule is C[C@@]1(F)C(O)[C@@H](COP(=O)(O)O)O[C@H]1n1ccc(N)nc1=O.